The molecule has 0 unspecified atom stereocenters. The molecule has 0 saturated heterocycles. The van der Waals surface area contributed by atoms with Crippen molar-refractivity contribution in [1.29, 1.82) is 0 Å². The molecular formula is C16H17N3O3S. The number of amides is 2. The number of aromatic nitrogens is 1. The molecule has 0 aromatic carbocycles. The summed E-state index contributed by atoms with van der Waals surface area (Å²) in [6, 6.07) is 5.42. The maximum absolute atomic E-state index is 12.3. The van der Waals surface area contributed by atoms with Crippen molar-refractivity contribution < 1.29 is 14.7 Å². The number of H-pyrrole nitrogens is 1. The van der Waals surface area contributed by atoms with Crippen LogP contribution in [0.15, 0.2) is 24.4 Å². The van der Waals surface area contributed by atoms with Gasteiger partial charge in [0.1, 0.15) is 5.00 Å². The molecule has 3 heterocycles. The maximum Gasteiger partial charge on any atom is 0.261 e. The fourth-order valence-corrected chi connectivity index (χ4v) is 3.19. The summed E-state index contributed by atoms with van der Waals surface area (Å²) in [5.41, 5.74) is 1.37. The number of nitrogens with one attached hydrogen (secondary N) is 3. The topological polar surface area (TPSA) is 94.2 Å². The number of aliphatic hydroxyl groups is 1. The Balaban J connectivity index is 1.89. The van der Waals surface area contributed by atoms with Crippen molar-refractivity contribution in [3.05, 3.63) is 40.5 Å². The second-order valence-corrected chi connectivity index (χ2v) is 7.04. The zero-order valence-corrected chi connectivity index (χ0v) is 13.6. The molecule has 0 saturated carbocycles. The lowest BCUT2D eigenvalue weighted by atomic mass is 10.1. The predicted molar refractivity (Wildman–Crippen MR) is 90.2 cm³/mol. The zero-order valence-electron chi connectivity index (χ0n) is 12.8. The Kier molecular flexibility index (Phi) is 3.83. The molecule has 0 fully saturated rings. The second kappa shape index (κ2) is 5.68. The first kappa shape index (κ1) is 15.5. The highest BCUT2D eigenvalue weighted by Gasteiger charge is 2.29. The quantitative estimate of drug-likeness (QED) is 0.646. The summed E-state index contributed by atoms with van der Waals surface area (Å²) in [6.07, 6.45) is 3.54. The highest BCUT2D eigenvalue weighted by atomic mass is 32.1. The van der Waals surface area contributed by atoms with E-state index in [-0.39, 0.29) is 18.4 Å². The molecule has 0 radical (unpaired) electrons. The Bertz CT molecular complexity index is 788. The third-order valence-electron chi connectivity index (χ3n) is 3.49. The monoisotopic (exact) mass is 331 g/mol. The molecule has 2 aromatic heterocycles. The third-order valence-corrected chi connectivity index (χ3v) is 4.54. The molecule has 0 bridgehead atoms. The lowest BCUT2D eigenvalue weighted by Gasteiger charge is -2.22. The summed E-state index contributed by atoms with van der Waals surface area (Å²) >= 11 is 1.22. The van der Waals surface area contributed by atoms with Crippen LogP contribution in [0.1, 0.15) is 34.8 Å². The Morgan fingerprint density at radius 1 is 1.48 bits per heavy atom. The number of hydrogen-bond acceptors (Lipinski definition) is 4. The number of hydrogen-bond donors (Lipinski definition) is 4. The van der Waals surface area contributed by atoms with E-state index in [1.54, 1.807) is 32.2 Å². The van der Waals surface area contributed by atoms with E-state index in [2.05, 4.69) is 15.6 Å². The van der Waals surface area contributed by atoms with Gasteiger partial charge in [-0.25, -0.2) is 0 Å². The predicted octanol–water partition coefficient (Wildman–Crippen LogP) is 2.07. The van der Waals surface area contributed by atoms with Crippen molar-refractivity contribution >= 4 is 39.8 Å². The van der Waals surface area contributed by atoms with Crippen molar-refractivity contribution in [2.24, 2.45) is 0 Å². The Labute approximate surface area is 137 Å². The number of aromatic amines is 1. The number of aliphatic hydroxyl groups excluding tert-OH is 1. The fraction of sp³-hybridized carbons (Fsp3) is 0.250. The molecule has 23 heavy (non-hydrogen) atoms. The summed E-state index contributed by atoms with van der Waals surface area (Å²) in [7, 11) is 0. The van der Waals surface area contributed by atoms with E-state index in [0.29, 0.717) is 15.5 Å². The van der Waals surface area contributed by atoms with Crippen LogP contribution in [0, 0.1) is 0 Å². The molecule has 6 nitrogen and oxygen atoms in total. The van der Waals surface area contributed by atoms with Gasteiger partial charge in [0, 0.05) is 17.5 Å². The van der Waals surface area contributed by atoms with Crippen LogP contribution in [-0.2, 0) is 4.79 Å². The minimum absolute atomic E-state index is 0.154. The summed E-state index contributed by atoms with van der Waals surface area (Å²) in [4.78, 5) is 27.9. The van der Waals surface area contributed by atoms with Gasteiger partial charge in [-0.2, -0.15) is 0 Å². The molecule has 0 atom stereocenters. The largest absolute Gasteiger partial charge is 0.394 e. The van der Waals surface area contributed by atoms with Crippen LogP contribution in [0.3, 0.4) is 0 Å². The first-order valence-electron chi connectivity index (χ1n) is 7.13. The van der Waals surface area contributed by atoms with E-state index < -0.39 is 5.54 Å². The minimum Gasteiger partial charge on any atom is -0.394 e. The highest BCUT2D eigenvalue weighted by Crippen LogP contribution is 2.39. The number of thiophene rings is 1. The van der Waals surface area contributed by atoms with Crippen molar-refractivity contribution in [3.8, 4) is 0 Å². The SMILES string of the molecule is CC(C)(CO)NC(=O)c1cc2c(s1)NC(=O)C2=Cc1ccc[nH]1. The van der Waals surface area contributed by atoms with Crippen LogP contribution in [0.5, 0.6) is 0 Å². The van der Waals surface area contributed by atoms with Gasteiger partial charge in [0.2, 0.25) is 0 Å². The standard InChI is InChI=1S/C16H17N3O3S/c1-16(2,8-20)19-14(22)12-7-11-10(6-9-4-3-5-17-9)13(21)18-15(11)23-12/h3-7,17,20H,8H2,1-2H3,(H,18,21)(H,19,22). The van der Waals surface area contributed by atoms with Crippen LogP contribution < -0.4 is 10.6 Å². The average Bonchev–Trinajstić information content (AvgIpc) is 3.18. The number of carbonyl (C=O) groups excluding carboxylic acids is 2. The summed E-state index contributed by atoms with van der Waals surface area (Å²) in [5, 5.41) is 15.5. The first-order chi connectivity index (χ1) is 10.9. The van der Waals surface area contributed by atoms with Gasteiger partial charge < -0.3 is 20.7 Å². The third kappa shape index (κ3) is 3.06. The summed E-state index contributed by atoms with van der Waals surface area (Å²) in [6.45, 7) is 3.33. The molecule has 1 aliphatic rings. The lowest BCUT2D eigenvalue weighted by molar-refractivity contribution is -0.110. The number of rotatable bonds is 4. The molecule has 7 heteroatoms. The number of fused-ring (bicyclic) bond motifs is 1. The zero-order chi connectivity index (χ0) is 16.6. The molecule has 3 rings (SSSR count). The maximum atomic E-state index is 12.3. The first-order valence-corrected chi connectivity index (χ1v) is 7.95. The van der Waals surface area contributed by atoms with Gasteiger partial charge in [-0.3, -0.25) is 9.59 Å². The van der Waals surface area contributed by atoms with Gasteiger partial charge in [-0.15, -0.1) is 11.3 Å². The van der Waals surface area contributed by atoms with Crippen LogP contribution in [-0.4, -0.2) is 34.1 Å². The van der Waals surface area contributed by atoms with E-state index in [4.69, 9.17) is 0 Å². The van der Waals surface area contributed by atoms with Gasteiger partial charge in [0.15, 0.2) is 0 Å². The minimum atomic E-state index is -0.697. The molecule has 0 spiro atoms. The second-order valence-electron chi connectivity index (χ2n) is 5.99. The van der Waals surface area contributed by atoms with Gasteiger partial charge in [-0.1, -0.05) is 0 Å². The van der Waals surface area contributed by atoms with Crippen molar-refractivity contribution in [2.75, 3.05) is 11.9 Å². The Morgan fingerprint density at radius 2 is 2.26 bits per heavy atom. The lowest BCUT2D eigenvalue weighted by Crippen LogP contribution is -2.46. The molecule has 1 aliphatic heterocycles. The molecule has 2 aromatic rings. The van der Waals surface area contributed by atoms with Gasteiger partial charge in [0.25, 0.3) is 11.8 Å². The Morgan fingerprint density at radius 3 is 2.91 bits per heavy atom. The van der Waals surface area contributed by atoms with Crippen LogP contribution in [0.4, 0.5) is 5.00 Å². The summed E-state index contributed by atoms with van der Waals surface area (Å²) < 4.78 is 0. The molecule has 0 aliphatic carbocycles. The highest BCUT2D eigenvalue weighted by molar-refractivity contribution is 7.18. The van der Waals surface area contributed by atoms with Crippen LogP contribution in [0.25, 0.3) is 11.6 Å². The van der Waals surface area contributed by atoms with E-state index in [1.165, 1.54) is 11.3 Å². The molecule has 2 amide bonds. The van der Waals surface area contributed by atoms with Crippen molar-refractivity contribution in [3.63, 3.8) is 0 Å². The van der Waals surface area contributed by atoms with E-state index in [0.717, 1.165) is 11.3 Å². The molecular weight excluding hydrogens is 314 g/mol. The number of anilines is 1. The smallest absolute Gasteiger partial charge is 0.261 e. The molecule has 120 valence electrons. The van der Waals surface area contributed by atoms with E-state index in [1.807, 2.05) is 12.1 Å². The normalized spacial score (nSPS) is 15.6. The average molecular weight is 331 g/mol. The van der Waals surface area contributed by atoms with Crippen molar-refractivity contribution in [1.82, 2.24) is 10.3 Å². The molecule has 4 N–H and O–H groups in total. The Hall–Kier alpha value is -2.38. The van der Waals surface area contributed by atoms with Gasteiger partial charge >= 0.3 is 0 Å². The van der Waals surface area contributed by atoms with Gasteiger partial charge in [0.05, 0.1) is 22.6 Å². The van der Waals surface area contributed by atoms with Gasteiger partial charge in [-0.05, 0) is 38.1 Å². The van der Waals surface area contributed by atoms with Crippen LogP contribution in [0.2, 0.25) is 0 Å². The van der Waals surface area contributed by atoms with E-state index in [9.17, 15) is 14.7 Å². The summed E-state index contributed by atoms with van der Waals surface area (Å²) in [5.74, 6) is -0.444. The number of carbonyl (C=O) groups is 2. The van der Waals surface area contributed by atoms with E-state index >= 15 is 0 Å². The van der Waals surface area contributed by atoms with Crippen molar-refractivity contribution in [2.45, 2.75) is 19.4 Å². The fourth-order valence-electron chi connectivity index (χ4n) is 2.23. The van der Waals surface area contributed by atoms with Crippen LogP contribution >= 0.6 is 11.3 Å².